The van der Waals surface area contributed by atoms with Crippen LogP contribution in [0.5, 0.6) is 0 Å². The van der Waals surface area contributed by atoms with Gasteiger partial charge in [-0.2, -0.15) is 0 Å². The van der Waals surface area contributed by atoms with Crippen molar-refractivity contribution in [2.45, 2.75) is 53.5 Å². The fraction of sp³-hybridized carbons (Fsp3) is 0.722. The Balaban J connectivity index is -0.000000341. The minimum atomic E-state index is -1.73. The van der Waals surface area contributed by atoms with Gasteiger partial charge in [-0.3, -0.25) is 0 Å². The molecule has 8 heteroatoms. The summed E-state index contributed by atoms with van der Waals surface area (Å²) in [6.45, 7) is 20.0. The lowest BCUT2D eigenvalue weighted by atomic mass is 10.5. The molecule has 0 spiro atoms. The Hall–Kier alpha value is -0.776. The minimum Gasteiger partial charge on any atom is -0.463 e. The Bertz CT molecular complexity index is 289. The number of hydrogen-bond donors (Lipinski definition) is 0. The van der Waals surface area contributed by atoms with E-state index >= 15 is 0 Å². The van der Waals surface area contributed by atoms with E-state index < -0.39 is 9.53 Å². The van der Waals surface area contributed by atoms with Crippen LogP contribution >= 0.6 is 0 Å². The number of ether oxygens (including phenoxy) is 1. The van der Waals surface area contributed by atoms with E-state index in [0.717, 1.165) is 25.5 Å². The highest BCUT2D eigenvalue weighted by Gasteiger charge is 2.11. The van der Waals surface area contributed by atoms with E-state index in [0.29, 0.717) is 26.4 Å². The molecule has 0 bridgehead atoms. The molecule has 0 rings (SSSR count). The minimum absolute atomic E-state index is 0.340. The van der Waals surface area contributed by atoms with Gasteiger partial charge in [0, 0.05) is 32.5 Å². The summed E-state index contributed by atoms with van der Waals surface area (Å²) in [6.07, 6.45) is 5.05. The topological polar surface area (TPSA) is 63.2 Å². The molecular formula is C18H40O6Si2. The molecule has 0 radical (unpaired) electrons. The first-order chi connectivity index (χ1) is 12.6. The SMILES string of the molecule is C=CC(=O)OCCC[SiH2]OCC.C=CCC.CCO[SiH](OCC)OCC. The third-order valence-electron chi connectivity index (χ3n) is 2.50. The Labute approximate surface area is 164 Å². The zero-order valence-electron chi connectivity index (χ0n) is 17.5. The van der Waals surface area contributed by atoms with E-state index in [4.69, 9.17) is 22.4 Å². The molecule has 0 saturated carbocycles. The molecule has 0 saturated heterocycles. The highest BCUT2D eigenvalue weighted by molar-refractivity contribution is 6.36. The zero-order chi connectivity index (χ0) is 20.5. The molecule has 0 aromatic heterocycles. The van der Waals surface area contributed by atoms with Crippen LogP contribution in [0.4, 0.5) is 0 Å². The molecule has 0 heterocycles. The standard InChI is InChI=1S/C8H16O3Si.C6H16O3Si.C4H8/c1-3-8(9)10-6-5-7-12-11-4-2;1-4-7-10(8-5-2)9-6-3;1-3-4-2/h3H,1,4-7,12H2,2H3;10H,4-6H2,1-3H3;3H,1,4H2,2H3. The smallest absolute Gasteiger partial charge is 0.463 e. The van der Waals surface area contributed by atoms with Gasteiger partial charge < -0.3 is 22.4 Å². The normalized spacial score (nSPS) is 9.92. The van der Waals surface area contributed by atoms with E-state index in [-0.39, 0.29) is 15.7 Å². The van der Waals surface area contributed by atoms with Crippen LogP contribution in [0, 0.1) is 0 Å². The second-order valence-electron chi connectivity index (χ2n) is 4.63. The second kappa shape index (κ2) is 29.0. The molecule has 0 atom stereocenters. The lowest BCUT2D eigenvalue weighted by molar-refractivity contribution is -0.137. The van der Waals surface area contributed by atoms with Crippen molar-refractivity contribution in [1.29, 1.82) is 0 Å². The van der Waals surface area contributed by atoms with E-state index in [2.05, 4.69) is 20.1 Å². The summed E-state index contributed by atoms with van der Waals surface area (Å²) in [6, 6.07) is 1.07. The van der Waals surface area contributed by atoms with Crippen molar-refractivity contribution >= 4 is 25.3 Å². The third kappa shape index (κ3) is 31.0. The number of hydrogen-bond acceptors (Lipinski definition) is 6. The Morgan fingerprint density at radius 3 is 1.81 bits per heavy atom. The summed E-state index contributed by atoms with van der Waals surface area (Å²) in [5.41, 5.74) is 0. The lowest BCUT2D eigenvalue weighted by Gasteiger charge is -2.12. The Morgan fingerprint density at radius 1 is 0.962 bits per heavy atom. The fourth-order valence-electron chi connectivity index (χ4n) is 1.23. The van der Waals surface area contributed by atoms with Crippen LogP contribution < -0.4 is 0 Å². The van der Waals surface area contributed by atoms with E-state index in [1.54, 1.807) is 0 Å². The van der Waals surface area contributed by atoms with Gasteiger partial charge in [-0.25, -0.2) is 4.79 Å². The molecule has 0 fully saturated rings. The molecule has 0 aliphatic rings. The van der Waals surface area contributed by atoms with Gasteiger partial charge in [0.2, 0.25) is 0 Å². The molecule has 0 aliphatic carbocycles. The predicted molar refractivity (Wildman–Crippen MR) is 113 cm³/mol. The van der Waals surface area contributed by atoms with Gasteiger partial charge in [-0.1, -0.05) is 19.6 Å². The zero-order valence-corrected chi connectivity index (χ0v) is 20.0. The van der Waals surface area contributed by atoms with E-state index in [1.165, 1.54) is 6.08 Å². The highest BCUT2D eigenvalue weighted by atomic mass is 28.3. The number of allylic oxidation sites excluding steroid dienone is 1. The predicted octanol–water partition coefficient (Wildman–Crippen LogP) is 3.04. The maximum atomic E-state index is 10.5. The van der Waals surface area contributed by atoms with Crippen molar-refractivity contribution in [2.75, 3.05) is 33.0 Å². The number of carbonyl (C=O) groups is 1. The Morgan fingerprint density at radius 2 is 1.46 bits per heavy atom. The maximum absolute atomic E-state index is 10.5. The molecule has 6 nitrogen and oxygen atoms in total. The molecule has 0 N–H and O–H groups in total. The van der Waals surface area contributed by atoms with Gasteiger partial charge in [0.25, 0.3) is 0 Å². The molecule has 0 unspecified atom stereocenters. The summed E-state index contributed by atoms with van der Waals surface area (Å²) < 4.78 is 25.7. The molecule has 0 aliphatic heterocycles. The summed E-state index contributed by atoms with van der Waals surface area (Å²) in [5, 5.41) is 0. The molecular weight excluding hydrogens is 368 g/mol. The van der Waals surface area contributed by atoms with Crippen LogP contribution in [-0.4, -0.2) is 58.3 Å². The van der Waals surface area contributed by atoms with Crippen LogP contribution in [0.2, 0.25) is 6.04 Å². The third-order valence-corrected chi connectivity index (χ3v) is 5.80. The average Bonchev–Trinajstić information content (AvgIpc) is 2.65. The molecule has 26 heavy (non-hydrogen) atoms. The number of rotatable bonds is 14. The average molecular weight is 409 g/mol. The monoisotopic (exact) mass is 408 g/mol. The Kier molecular flexibility index (Phi) is 33.4. The van der Waals surface area contributed by atoms with Crippen molar-refractivity contribution in [1.82, 2.24) is 0 Å². The van der Waals surface area contributed by atoms with Crippen molar-refractivity contribution in [3.05, 3.63) is 25.3 Å². The van der Waals surface area contributed by atoms with Gasteiger partial charge in [-0.15, -0.1) is 6.58 Å². The molecule has 0 aromatic carbocycles. The molecule has 0 aromatic rings. The van der Waals surface area contributed by atoms with E-state index in [9.17, 15) is 4.79 Å². The largest absolute Gasteiger partial charge is 0.484 e. The highest BCUT2D eigenvalue weighted by Crippen LogP contribution is 1.92. The van der Waals surface area contributed by atoms with Gasteiger partial charge >= 0.3 is 15.5 Å². The molecule has 0 amide bonds. The quantitative estimate of drug-likeness (QED) is 0.145. The second-order valence-corrected chi connectivity index (χ2v) is 7.73. The summed E-state index contributed by atoms with van der Waals surface area (Å²) in [5.74, 6) is -0.340. The summed E-state index contributed by atoms with van der Waals surface area (Å²) >= 11 is 0. The maximum Gasteiger partial charge on any atom is 0.484 e. The summed E-state index contributed by atoms with van der Waals surface area (Å²) in [7, 11) is -2.09. The van der Waals surface area contributed by atoms with Gasteiger partial charge in [0.1, 0.15) is 0 Å². The number of esters is 1. The van der Waals surface area contributed by atoms with Crippen molar-refractivity contribution in [2.24, 2.45) is 0 Å². The first kappa shape index (κ1) is 30.0. The van der Waals surface area contributed by atoms with Crippen LogP contribution in [0.1, 0.15) is 47.5 Å². The van der Waals surface area contributed by atoms with Crippen molar-refractivity contribution in [3.63, 3.8) is 0 Å². The first-order valence-electron chi connectivity index (χ1n) is 9.40. The van der Waals surface area contributed by atoms with E-state index in [1.807, 2.05) is 33.8 Å². The molecule has 156 valence electrons. The van der Waals surface area contributed by atoms with Gasteiger partial charge in [0.05, 0.1) is 6.61 Å². The van der Waals surface area contributed by atoms with Gasteiger partial charge in [0.15, 0.2) is 9.76 Å². The van der Waals surface area contributed by atoms with Crippen LogP contribution in [0.15, 0.2) is 25.3 Å². The van der Waals surface area contributed by atoms with Crippen molar-refractivity contribution < 1.29 is 27.2 Å². The van der Waals surface area contributed by atoms with Crippen LogP contribution in [0.3, 0.4) is 0 Å². The van der Waals surface area contributed by atoms with Crippen molar-refractivity contribution in [3.8, 4) is 0 Å². The first-order valence-corrected chi connectivity index (χ1v) is 12.4. The fourth-order valence-corrected chi connectivity index (χ4v) is 3.24. The lowest BCUT2D eigenvalue weighted by Crippen LogP contribution is -2.27. The van der Waals surface area contributed by atoms with Gasteiger partial charge in [-0.05, 0) is 46.6 Å². The number of carbonyl (C=O) groups excluding carboxylic acids is 1. The summed E-state index contributed by atoms with van der Waals surface area (Å²) in [4.78, 5) is 10.5. The van der Waals surface area contributed by atoms with Crippen LogP contribution in [-0.2, 0) is 27.2 Å². The van der Waals surface area contributed by atoms with Crippen LogP contribution in [0.25, 0.3) is 0 Å².